The number of amides is 1. The SMILES string of the molecule is C=CC(=O)Nc1ccc(F)c(Oc2nc(Nc3cn(C)nc3Cl)ncc2C2=CCOCC2)c1. The number of rotatable bonds is 7. The lowest BCUT2D eigenvalue weighted by molar-refractivity contribution is -0.111. The molecule has 0 unspecified atom stereocenters. The highest BCUT2D eigenvalue weighted by Crippen LogP contribution is 2.34. The van der Waals surface area contributed by atoms with Crippen molar-refractivity contribution in [1.29, 1.82) is 0 Å². The Kier molecular flexibility index (Phi) is 6.66. The lowest BCUT2D eigenvalue weighted by Gasteiger charge is -2.17. The van der Waals surface area contributed by atoms with Gasteiger partial charge in [0.25, 0.3) is 0 Å². The lowest BCUT2D eigenvalue weighted by atomic mass is 10.0. The number of aromatic nitrogens is 4. The van der Waals surface area contributed by atoms with Crippen LogP contribution in [-0.4, -0.2) is 38.9 Å². The quantitative estimate of drug-likeness (QED) is 0.491. The summed E-state index contributed by atoms with van der Waals surface area (Å²) in [6.07, 6.45) is 6.90. The molecule has 0 bridgehead atoms. The number of halogens is 2. The first kappa shape index (κ1) is 22.4. The number of ether oxygens (including phenoxy) is 2. The standard InChI is InChI=1S/C22H20ClFN6O3/c1-3-19(31)26-14-4-5-16(24)18(10-14)33-21-15(13-6-8-32-9-7-13)11-25-22(28-21)27-17-12-30(2)29-20(17)23/h3-6,10-12H,1,7-9H2,2H3,(H,26,31)(H,25,27,28). The fraction of sp³-hybridized carbons (Fsp3) is 0.182. The fourth-order valence-electron chi connectivity index (χ4n) is 3.12. The molecular formula is C22H20ClFN6O3. The van der Waals surface area contributed by atoms with Crippen molar-refractivity contribution in [3.63, 3.8) is 0 Å². The number of anilines is 3. The van der Waals surface area contributed by atoms with E-state index in [0.717, 1.165) is 11.6 Å². The van der Waals surface area contributed by atoms with Gasteiger partial charge in [0.05, 0.1) is 24.5 Å². The number of nitrogens with one attached hydrogen (secondary N) is 2. The van der Waals surface area contributed by atoms with Crippen LogP contribution in [-0.2, 0) is 16.6 Å². The summed E-state index contributed by atoms with van der Waals surface area (Å²) in [4.78, 5) is 20.4. The molecular weight excluding hydrogens is 451 g/mol. The summed E-state index contributed by atoms with van der Waals surface area (Å²) >= 11 is 6.11. The normalized spacial score (nSPS) is 13.2. The molecule has 3 aromatic rings. The van der Waals surface area contributed by atoms with E-state index in [9.17, 15) is 9.18 Å². The van der Waals surface area contributed by atoms with Crippen molar-refractivity contribution in [2.45, 2.75) is 6.42 Å². The number of nitrogens with zero attached hydrogens (tertiary/aromatic N) is 4. The molecule has 1 amide bonds. The molecule has 0 fully saturated rings. The van der Waals surface area contributed by atoms with Gasteiger partial charge in [0.2, 0.25) is 17.7 Å². The third-order valence-electron chi connectivity index (χ3n) is 4.68. The van der Waals surface area contributed by atoms with Crippen LogP contribution in [0.5, 0.6) is 11.6 Å². The van der Waals surface area contributed by atoms with Crippen LogP contribution in [0.4, 0.5) is 21.7 Å². The summed E-state index contributed by atoms with van der Waals surface area (Å²) in [6, 6.07) is 3.98. The number of carbonyl (C=O) groups excluding carboxylic acids is 1. The van der Waals surface area contributed by atoms with Crippen molar-refractivity contribution in [3.05, 3.63) is 65.9 Å². The Morgan fingerprint density at radius 1 is 1.42 bits per heavy atom. The molecule has 11 heteroatoms. The number of benzene rings is 1. The van der Waals surface area contributed by atoms with Crippen molar-refractivity contribution in [3.8, 4) is 11.6 Å². The molecule has 33 heavy (non-hydrogen) atoms. The van der Waals surface area contributed by atoms with Crippen LogP contribution in [0.1, 0.15) is 12.0 Å². The third-order valence-corrected chi connectivity index (χ3v) is 4.96. The van der Waals surface area contributed by atoms with Gasteiger partial charge in [0.15, 0.2) is 16.7 Å². The smallest absolute Gasteiger partial charge is 0.247 e. The molecule has 2 N–H and O–H groups in total. The van der Waals surface area contributed by atoms with E-state index in [4.69, 9.17) is 21.1 Å². The Morgan fingerprint density at radius 3 is 2.97 bits per heavy atom. The lowest BCUT2D eigenvalue weighted by Crippen LogP contribution is -2.08. The van der Waals surface area contributed by atoms with E-state index < -0.39 is 11.7 Å². The molecule has 170 valence electrons. The zero-order valence-electron chi connectivity index (χ0n) is 17.6. The Labute approximate surface area is 193 Å². The predicted octanol–water partition coefficient (Wildman–Crippen LogP) is 4.47. The molecule has 4 rings (SSSR count). The first-order chi connectivity index (χ1) is 15.9. The number of hydrogen-bond acceptors (Lipinski definition) is 7. The largest absolute Gasteiger partial charge is 0.435 e. The summed E-state index contributed by atoms with van der Waals surface area (Å²) in [5.41, 5.74) is 2.36. The van der Waals surface area contributed by atoms with Gasteiger partial charge in [0, 0.05) is 31.2 Å². The summed E-state index contributed by atoms with van der Waals surface area (Å²) in [5.74, 6) is -0.848. The van der Waals surface area contributed by atoms with E-state index in [1.807, 2.05) is 6.08 Å². The first-order valence-electron chi connectivity index (χ1n) is 9.94. The van der Waals surface area contributed by atoms with Crippen LogP contribution in [0, 0.1) is 5.82 Å². The second-order valence-corrected chi connectivity index (χ2v) is 7.40. The molecule has 0 atom stereocenters. The Hall–Kier alpha value is -3.76. The maximum atomic E-state index is 14.6. The minimum atomic E-state index is -0.623. The summed E-state index contributed by atoms with van der Waals surface area (Å²) in [6.45, 7) is 4.38. The second kappa shape index (κ2) is 9.80. The maximum Gasteiger partial charge on any atom is 0.247 e. The average Bonchev–Trinajstić information content (AvgIpc) is 3.13. The van der Waals surface area contributed by atoms with E-state index in [0.29, 0.717) is 36.6 Å². The molecule has 0 radical (unpaired) electrons. The topological polar surface area (TPSA) is 103 Å². The van der Waals surface area contributed by atoms with Crippen molar-refractivity contribution in [2.24, 2.45) is 7.05 Å². The molecule has 2 aromatic heterocycles. The van der Waals surface area contributed by atoms with Gasteiger partial charge in [-0.3, -0.25) is 9.48 Å². The monoisotopic (exact) mass is 470 g/mol. The Balaban J connectivity index is 1.70. The van der Waals surface area contributed by atoms with Crippen LogP contribution < -0.4 is 15.4 Å². The van der Waals surface area contributed by atoms with Crippen LogP contribution in [0.25, 0.3) is 5.57 Å². The molecule has 0 saturated heterocycles. The number of aryl methyl sites for hydroxylation is 1. The maximum absolute atomic E-state index is 14.6. The van der Waals surface area contributed by atoms with Crippen LogP contribution >= 0.6 is 11.6 Å². The average molecular weight is 471 g/mol. The highest BCUT2D eigenvalue weighted by Gasteiger charge is 2.19. The van der Waals surface area contributed by atoms with Crippen LogP contribution in [0.15, 0.2) is 49.3 Å². The van der Waals surface area contributed by atoms with Gasteiger partial charge in [-0.1, -0.05) is 24.3 Å². The highest BCUT2D eigenvalue weighted by atomic mass is 35.5. The minimum absolute atomic E-state index is 0.116. The zero-order chi connectivity index (χ0) is 23.4. The summed E-state index contributed by atoms with van der Waals surface area (Å²) in [7, 11) is 1.73. The van der Waals surface area contributed by atoms with Crippen molar-refractivity contribution >= 4 is 40.4 Å². The fourth-order valence-corrected chi connectivity index (χ4v) is 3.33. The first-order valence-corrected chi connectivity index (χ1v) is 10.3. The predicted molar refractivity (Wildman–Crippen MR) is 122 cm³/mol. The molecule has 3 heterocycles. The van der Waals surface area contributed by atoms with Gasteiger partial charge in [-0.2, -0.15) is 10.1 Å². The second-order valence-electron chi connectivity index (χ2n) is 7.04. The van der Waals surface area contributed by atoms with Gasteiger partial charge in [-0.05, 0) is 30.2 Å². The number of carbonyl (C=O) groups is 1. The van der Waals surface area contributed by atoms with Crippen molar-refractivity contribution in [1.82, 2.24) is 19.7 Å². The van der Waals surface area contributed by atoms with Crippen LogP contribution in [0.2, 0.25) is 5.15 Å². The summed E-state index contributed by atoms with van der Waals surface area (Å²) in [5, 5.41) is 9.87. The molecule has 9 nitrogen and oxygen atoms in total. The summed E-state index contributed by atoms with van der Waals surface area (Å²) < 4.78 is 27.4. The Morgan fingerprint density at radius 2 is 2.27 bits per heavy atom. The van der Waals surface area contributed by atoms with Crippen molar-refractivity contribution < 1.29 is 18.7 Å². The highest BCUT2D eigenvalue weighted by molar-refractivity contribution is 6.32. The van der Waals surface area contributed by atoms with Crippen molar-refractivity contribution in [2.75, 3.05) is 23.8 Å². The molecule has 0 aliphatic carbocycles. The minimum Gasteiger partial charge on any atom is -0.435 e. The third kappa shape index (κ3) is 5.36. The molecule has 0 spiro atoms. The Bertz CT molecular complexity index is 1240. The van der Waals surface area contributed by atoms with E-state index in [-0.39, 0.29) is 22.7 Å². The van der Waals surface area contributed by atoms with Gasteiger partial charge < -0.3 is 20.1 Å². The van der Waals surface area contributed by atoms with Gasteiger partial charge in [-0.15, -0.1) is 0 Å². The van der Waals surface area contributed by atoms with Crippen LogP contribution in [0.3, 0.4) is 0 Å². The van der Waals surface area contributed by atoms with Gasteiger partial charge in [0.1, 0.15) is 0 Å². The van der Waals surface area contributed by atoms with E-state index in [1.54, 1.807) is 24.1 Å². The van der Waals surface area contributed by atoms with E-state index in [1.165, 1.54) is 18.2 Å². The van der Waals surface area contributed by atoms with E-state index >= 15 is 0 Å². The zero-order valence-corrected chi connectivity index (χ0v) is 18.4. The van der Waals surface area contributed by atoms with E-state index in [2.05, 4.69) is 32.3 Å². The molecule has 0 saturated carbocycles. The molecule has 1 aromatic carbocycles. The molecule has 1 aliphatic rings. The molecule has 1 aliphatic heterocycles. The van der Waals surface area contributed by atoms with Gasteiger partial charge >= 0.3 is 0 Å². The van der Waals surface area contributed by atoms with Gasteiger partial charge in [-0.25, -0.2) is 9.37 Å². The number of hydrogen-bond donors (Lipinski definition) is 2.